The van der Waals surface area contributed by atoms with Crippen molar-refractivity contribution in [3.8, 4) is 0 Å². The molecule has 154 valence electrons. The SMILES string of the molecule is COC(=O)c1ccc(C)c(NC(=S)NC(C)c2ccc(N3CCCCC3)cc2)c1. The fourth-order valence-corrected chi connectivity index (χ4v) is 3.85. The average Bonchev–Trinajstić information content (AvgIpc) is 2.75. The molecule has 1 aliphatic heterocycles. The van der Waals surface area contributed by atoms with Gasteiger partial charge in [0.15, 0.2) is 5.11 Å². The van der Waals surface area contributed by atoms with Crippen LogP contribution in [0, 0.1) is 6.92 Å². The minimum absolute atomic E-state index is 0.0644. The summed E-state index contributed by atoms with van der Waals surface area (Å²) >= 11 is 5.49. The van der Waals surface area contributed by atoms with E-state index in [0.717, 1.165) is 24.3 Å². The average molecular weight is 412 g/mol. The predicted octanol–water partition coefficient (Wildman–Crippen LogP) is 4.82. The first-order chi connectivity index (χ1) is 14.0. The van der Waals surface area contributed by atoms with Gasteiger partial charge in [-0.15, -0.1) is 0 Å². The zero-order valence-corrected chi connectivity index (χ0v) is 18.1. The van der Waals surface area contributed by atoms with Crippen LogP contribution in [0.1, 0.15) is 53.7 Å². The Morgan fingerprint density at radius 3 is 2.45 bits per heavy atom. The van der Waals surface area contributed by atoms with Gasteiger partial charge in [0.2, 0.25) is 0 Å². The minimum atomic E-state index is -0.367. The number of piperidine rings is 1. The van der Waals surface area contributed by atoms with E-state index < -0.39 is 0 Å². The summed E-state index contributed by atoms with van der Waals surface area (Å²) in [5.74, 6) is -0.367. The Labute approximate surface area is 178 Å². The molecule has 0 radical (unpaired) electrons. The van der Waals surface area contributed by atoms with Gasteiger partial charge in [-0.05, 0) is 80.7 Å². The smallest absolute Gasteiger partial charge is 0.337 e. The van der Waals surface area contributed by atoms with E-state index in [1.165, 1.54) is 37.6 Å². The highest BCUT2D eigenvalue weighted by Gasteiger charge is 2.13. The first-order valence-corrected chi connectivity index (χ1v) is 10.5. The Balaban J connectivity index is 1.61. The second kappa shape index (κ2) is 9.74. The van der Waals surface area contributed by atoms with Gasteiger partial charge in [-0.2, -0.15) is 0 Å². The Morgan fingerprint density at radius 2 is 1.79 bits per heavy atom. The summed E-state index contributed by atoms with van der Waals surface area (Å²) < 4.78 is 4.79. The van der Waals surface area contributed by atoms with E-state index in [4.69, 9.17) is 17.0 Å². The summed E-state index contributed by atoms with van der Waals surface area (Å²) in [4.78, 5) is 14.2. The van der Waals surface area contributed by atoms with E-state index in [1.807, 2.05) is 13.0 Å². The molecule has 5 nitrogen and oxygen atoms in total. The van der Waals surface area contributed by atoms with Crippen LogP contribution in [0.25, 0.3) is 0 Å². The molecular weight excluding hydrogens is 382 g/mol. The van der Waals surface area contributed by atoms with Crippen LogP contribution in [0.4, 0.5) is 11.4 Å². The molecule has 1 atom stereocenters. The lowest BCUT2D eigenvalue weighted by atomic mass is 10.1. The summed E-state index contributed by atoms with van der Waals surface area (Å²) in [6, 6.07) is 14.1. The van der Waals surface area contributed by atoms with Gasteiger partial charge in [0.25, 0.3) is 0 Å². The van der Waals surface area contributed by atoms with Gasteiger partial charge in [0.1, 0.15) is 0 Å². The maximum Gasteiger partial charge on any atom is 0.337 e. The fraction of sp³-hybridized carbons (Fsp3) is 0.391. The van der Waals surface area contributed by atoms with Crippen molar-refractivity contribution in [1.29, 1.82) is 0 Å². The van der Waals surface area contributed by atoms with Gasteiger partial charge in [-0.3, -0.25) is 0 Å². The van der Waals surface area contributed by atoms with E-state index in [1.54, 1.807) is 12.1 Å². The Bertz CT molecular complexity index is 861. The van der Waals surface area contributed by atoms with Crippen molar-refractivity contribution in [2.45, 2.75) is 39.2 Å². The Kier molecular flexibility index (Phi) is 7.09. The second-order valence-corrected chi connectivity index (χ2v) is 7.89. The van der Waals surface area contributed by atoms with Crippen molar-refractivity contribution in [3.63, 3.8) is 0 Å². The van der Waals surface area contributed by atoms with Gasteiger partial charge in [-0.25, -0.2) is 4.79 Å². The van der Waals surface area contributed by atoms with E-state index in [9.17, 15) is 4.79 Å². The molecule has 0 aromatic heterocycles. The van der Waals surface area contributed by atoms with E-state index in [2.05, 4.69) is 46.7 Å². The standard InChI is InChI=1S/C23H29N3O2S/c1-16-7-8-19(22(27)28-3)15-21(16)25-23(29)24-17(2)18-9-11-20(12-10-18)26-13-5-4-6-14-26/h7-12,15,17H,4-6,13-14H2,1-3H3,(H2,24,25,29). The number of nitrogens with one attached hydrogen (secondary N) is 2. The predicted molar refractivity (Wildman–Crippen MR) is 123 cm³/mol. The minimum Gasteiger partial charge on any atom is -0.465 e. The second-order valence-electron chi connectivity index (χ2n) is 7.48. The molecule has 0 amide bonds. The highest BCUT2D eigenvalue weighted by molar-refractivity contribution is 7.80. The summed E-state index contributed by atoms with van der Waals surface area (Å²) in [5.41, 5.74) is 4.75. The number of hydrogen-bond acceptors (Lipinski definition) is 4. The number of anilines is 2. The fourth-order valence-electron chi connectivity index (χ4n) is 3.57. The molecule has 1 fully saturated rings. The maximum atomic E-state index is 11.8. The van der Waals surface area contributed by atoms with Crippen molar-refractivity contribution in [1.82, 2.24) is 5.32 Å². The molecule has 1 saturated heterocycles. The molecule has 3 rings (SSSR count). The summed E-state index contributed by atoms with van der Waals surface area (Å²) in [5, 5.41) is 7.04. The number of aryl methyl sites for hydroxylation is 1. The van der Waals surface area contributed by atoms with Crippen LogP contribution in [-0.2, 0) is 4.74 Å². The van der Waals surface area contributed by atoms with E-state index in [0.29, 0.717) is 10.7 Å². The number of esters is 1. The molecule has 2 aromatic carbocycles. The lowest BCUT2D eigenvalue weighted by Crippen LogP contribution is -2.31. The number of carbonyl (C=O) groups excluding carboxylic acids is 1. The Morgan fingerprint density at radius 1 is 1.10 bits per heavy atom. The third-order valence-electron chi connectivity index (χ3n) is 5.37. The van der Waals surface area contributed by atoms with Crippen LogP contribution in [-0.4, -0.2) is 31.3 Å². The zero-order chi connectivity index (χ0) is 20.8. The monoisotopic (exact) mass is 411 g/mol. The van der Waals surface area contributed by atoms with Crippen LogP contribution < -0.4 is 15.5 Å². The molecule has 29 heavy (non-hydrogen) atoms. The van der Waals surface area contributed by atoms with E-state index >= 15 is 0 Å². The van der Waals surface area contributed by atoms with Gasteiger partial charge in [0, 0.05) is 24.5 Å². The van der Waals surface area contributed by atoms with Gasteiger partial charge in [0.05, 0.1) is 18.7 Å². The molecule has 2 aromatic rings. The molecule has 0 saturated carbocycles. The first-order valence-electron chi connectivity index (χ1n) is 10.1. The molecule has 0 aliphatic carbocycles. The molecule has 1 aliphatic rings. The first kappa shape index (κ1) is 21.1. The lowest BCUT2D eigenvalue weighted by Gasteiger charge is -2.29. The van der Waals surface area contributed by atoms with Crippen LogP contribution in [0.15, 0.2) is 42.5 Å². The molecule has 2 N–H and O–H groups in total. The van der Waals surface area contributed by atoms with Gasteiger partial charge < -0.3 is 20.3 Å². The van der Waals surface area contributed by atoms with E-state index in [-0.39, 0.29) is 12.0 Å². The van der Waals surface area contributed by atoms with Crippen molar-refractivity contribution >= 4 is 34.7 Å². The number of nitrogens with zero attached hydrogens (tertiary/aromatic N) is 1. The topological polar surface area (TPSA) is 53.6 Å². The normalized spacial score (nSPS) is 14.8. The number of methoxy groups -OCH3 is 1. The van der Waals surface area contributed by atoms with Crippen LogP contribution >= 0.6 is 12.2 Å². The molecule has 0 spiro atoms. The van der Waals surface area contributed by atoms with Crippen molar-refractivity contribution in [2.24, 2.45) is 0 Å². The molecule has 0 bridgehead atoms. The molecular formula is C23H29N3O2S. The molecule has 1 heterocycles. The third-order valence-corrected chi connectivity index (χ3v) is 5.59. The number of rotatable bonds is 5. The summed E-state index contributed by atoms with van der Waals surface area (Å²) in [6.45, 7) is 6.34. The largest absolute Gasteiger partial charge is 0.465 e. The molecule has 1 unspecified atom stereocenters. The number of thiocarbonyl (C=S) groups is 1. The summed E-state index contributed by atoms with van der Waals surface area (Å²) in [6.07, 6.45) is 3.88. The van der Waals surface area contributed by atoms with Crippen LogP contribution in [0.2, 0.25) is 0 Å². The Hall–Kier alpha value is -2.60. The number of carbonyl (C=O) groups is 1. The van der Waals surface area contributed by atoms with Crippen molar-refractivity contribution < 1.29 is 9.53 Å². The highest BCUT2D eigenvalue weighted by atomic mass is 32.1. The third kappa shape index (κ3) is 5.48. The van der Waals surface area contributed by atoms with Crippen LogP contribution in [0.5, 0.6) is 0 Å². The zero-order valence-electron chi connectivity index (χ0n) is 17.3. The highest BCUT2D eigenvalue weighted by Crippen LogP contribution is 2.23. The number of hydrogen-bond donors (Lipinski definition) is 2. The number of benzene rings is 2. The number of ether oxygens (including phenoxy) is 1. The summed E-state index contributed by atoms with van der Waals surface area (Å²) in [7, 11) is 1.37. The van der Waals surface area contributed by atoms with Crippen molar-refractivity contribution in [3.05, 3.63) is 59.2 Å². The van der Waals surface area contributed by atoms with Gasteiger partial charge >= 0.3 is 5.97 Å². The maximum absolute atomic E-state index is 11.8. The quantitative estimate of drug-likeness (QED) is 0.543. The van der Waals surface area contributed by atoms with Crippen molar-refractivity contribution in [2.75, 3.05) is 30.4 Å². The van der Waals surface area contributed by atoms with Gasteiger partial charge in [-0.1, -0.05) is 18.2 Å². The lowest BCUT2D eigenvalue weighted by molar-refractivity contribution is 0.0601. The van der Waals surface area contributed by atoms with Crippen LogP contribution in [0.3, 0.4) is 0 Å². The molecule has 6 heteroatoms.